The number of carbonyl (C=O) groups excluding carboxylic acids is 1. The Labute approximate surface area is 211 Å². The van der Waals surface area contributed by atoms with Crippen LogP contribution in [0.1, 0.15) is 53.0 Å². The number of rotatable bonds is 8. The lowest BCUT2D eigenvalue weighted by Crippen LogP contribution is -2.33. The standard InChI is InChI=1S/C31H31NO4/c33-18-21-7-9-22(10-8-21)19-35-30-16-25(15-29(36-30)31(34)32-17-20-5-6-20)23-11-12-28-26(13-23)14-24-3-1-2-4-27(24)28/h1-4,7-13,15,20,25,30,33H,5-6,14,16-19H2,(H,32,34)/t25-,30+/m1/s1. The number of ether oxygens (including phenoxy) is 2. The van der Waals surface area contributed by atoms with E-state index >= 15 is 0 Å². The third-order valence-electron chi connectivity index (χ3n) is 7.42. The number of benzene rings is 3. The van der Waals surface area contributed by atoms with Gasteiger partial charge in [0.05, 0.1) is 13.2 Å². The van der Waals surface area contributed by atoms with Crippen molar-refractivity contribution < 1.29 is 19.4 Å². The average Bonchev–Trinajstić information content (AvgIpc) is 3.69. The van der Waals surface area contributed by atoms with Gasteiger partial charge in [-0.05, 0) is 70.2 Å². The zero-order valence-electron chi connectivity index (χ0n) is 20.3. The normalized spacial score (nSPS) is 20.2. The van der Waals surface area contributed by atoms with E-state index in [9.17, 15) is 9.90 Å². The van der Waals surface area contributed by atoms with Crippen molar-refractivity contribution in [2.75, 3.05) is 6.54 Å². The number of aliphatic hydroxyl groups is 1. The summed E-state index contributed by atoms with van der Waals surface area (Å²) in [5.74, 6) is 0.801. The van der Waals surface area contributed by atoms with Crippen LogP contribution in [0, 0.1) is 5.92 Å². The zero-order chi connectivity index (χ0) is 24.5. The van der Waals surface area contributed by atoms with Crippen LogP contribution in [0.2, 0.25) is 0 Å². The number of fused-ring (bicyclic) bond motifs is 3. The quantitative estimate of drug-likeness (QED) is 0.363. The highest BCUT2D eigenvalue weighted by molar-refractivity contribution is 5.91. The van der Waals surface area contributed by atoms with E-state index in [-0.39, 0.29) is 18.4 Å². The molecule has 0 spiro atoms. The van der Waals surface area contributed by atoms with Gasteiger partial charge >= 0.3 is 0 Å². The van der Waals surface area contributed by atoms with E-state index < -0.39 is 6.29 Å². The molecule has 36 heavy (non-hydrogen) atoms. The largest absolute Gasteiger partial charge is 0.459 e. The molecule has 3 aliphatic rings. The summed E-state index contributed by atoms with van der Waals surface area (Å²) in [6.07, 6.45) is 5.37. The van der Waals surface area contributed by atoms with Crippen molar-refractivity contribution in [3.8, 4) is 11.1 Å². The van der Waals surface area contributed by atoms with Crippen LogP contribution in [0.5, 0.6) is 0 Å². The monoisotopic (exact) mass is 481 g/mol. The van der Waals surface area contributed by atoms with Gasteiger partial charge in [-0.1, -0.05) is 66.7 Å². The van der Waals surface area contributed by atoms with Crippen molar-refractivity contribution >= 4 is 5.91 Å². The molecule has 1 aliphatic heterocycles. The molecule has 2 N–H and O–H groups in total. The maximum absolute atomic E-state index is 12.9. The molecule has 5 heteroatoms. The number of aliphatic hydroxyl groups excluding tert-OH is 1. The molecule has 0 aromatic heterocycles. The van der Waals surface area contributed by atoms with Gasteiger partial charge in [-0.15, -0.1) is 0 Å². The first-order valence-electron chi connectivity index (χ1n) is 12.8. The van der Waals surface area contributed by atoms with Gasteiger partial charge in [0.15, 0.2) is 5.76 Å². The van der Waals surface area contributed by atoms with Gasteiger partial charge in [-0.3, -0.25) is 4.79 Å². The van der Waals surface area contributed by atoms with Crippen LogP contribution in [-0.4, -0.2) is 23.8 Å². The molecule has 0 unspecified atom stereocenters. The fourth-order valence-corrected chi connectivity index (χ4v) is 5.12. The van der Waals surface area contributed by atoms with Crippen molar-refractivity contribution in [2.45, 2.75) is 51.1 Å². The maximum Gasteiger partial charge on any atom is 0.286 e. The van der Waals surface area contributed by atoms with Crippen molar-refractivity contribution in [1.29, 1.82) is 0 Å². The minimum atomic E-state index is -0.523. The Morgan fingerprint density at radius 1 is 0.972 bits per heavy atom. The SMILES string of the molecule is O=C(NCC1CC1)C1=C[C@@H](c2ccc3c(c2)Cc2ccccc2-3)C[C@@H](OCc2ccc(CO)cc2)O1. The number of hydrogen-bond donors (Lipinski definition) is 2. The Morgan fingerprint density at radius 3 is 2.56 bits per heavy atom. The van der Waals surface area contributed by atoms with Gasteiger partial charge < -0.3 is 19.9 Å². The molecule has 0 radical (unpaired) electrons. The molecule has 6 rings (SSSR count). The van der Waals surface area contributed by atoms with Crippen molar-refractivity contribution in [3.05, 3.63) is 106 Å². The molecule has 5 nitrogen and oxygen atoms in total. The summed E-state index contributed by atoms with van der Waals surface area (Å²) < 4.78 is 12.2. The van der Waals surface area contributed by atoms with Crippen LogP contribution < -0.4 is 5.32 Å². The van der Waals surface area contributed by atoms with Gasteiger partial charge in [0.1, 0.15) is 0 Å². The highest BCUT2D eigenvalue weighted by Gasteiger charge is 2.31. The van der Waals surface area contributed by atoms with Crippen LogP contribution in [0.25, 0.3) is 11.1 Å². The molecule has 1 fully saturated rings. The third-order valence-corrected chi connectivity index (χ3v) is 7.42. The van der Waals surface area contributed by atoms with Crippen molar-refractivity contribution in [3.63, 3.8) is 0 Å². The summed E-state index contributed by atoms with van der Waals surface area (Å²) in [4.78, 5) is 12.9. The van der Waals surface area contributed by atoms with E-state index in [0.29, 0.717) is 31.2 Å². The van der Waals surface area contributed by atoms with Crippen molar-refractivity contribution in [1.82, 2.24) is 5.32 Å². The minimum absolute atomic E-state index is 0.0184. The topological polar surface area (TPSA) is 67.8 Å². The highest BCUT2D eigenvalue weighted by Crippen LogP contribution is 2.40. The number of carbonyl (C=O) groups is 1. The van der Waals surface area contributed by atoms with Crippen LogP contribution in [0.3, 0.4) is 0 Å². The van der Waals surface area contributed by atoms with E-state index in [0.717, 1.165) is 17.5 Å². The molecule has 0 bridgehead atoms. The first-order chi connectivity index (χ1) is 17.7. The van der Waals surface area contributed by atoms with E-state index in [1.165, 1.54) is 40.7 Å². The van der Waals surface area contributed by atoms with E-state index in [1.54, 1.807) is 0 Å². The number of hydrogen-bond acceptors (Lipinski definition) is 4. The minimum Gasteiger partial charge on any atom is -0.459 e. The van der Waals surface area contributed by atoms with Gasteiger partial charge in [0, 0.05) is 18.9 Å². The molecule has 2 atom stereocenters. The van der Waals surface area contributed by atoms with Crippen molar-refractivity contribution in [2.24, 2.45) is 5.92 Å². The zero-order valence-corrected chi connectivity index (χ0v) is 20.3. The first kappa shape index (κ1) is 23.0. The van der Waals surface area contributed by atoms with Gasteiger partial charge in [0.2, 0.25) is 6.29 Å². The van der Waals surface area contributed by atoms with Crippen LogP contribution in [0.15, 0.2) is 78.6 Å². The van der Waals surface area contributed by atoms with Gasteiger partial charge in [-0.25, -0.2) is 0 Å². The van der Waals surface area contributed by atoms with Crippen LogP contribution in [0.4, 0.5) is 0 Å². The number of amides is 1. The fraction of sp³-hybridized carbons (Fsp3) is 0.323. The molecular weight excluding hydrogens is 450 g/mol. The predicted octanol–water partition coefficient (Wildman–Crippen LogP) is 5.21. The maximum atomic E-state index is 12.9. The summed E-state index contributed by atoms with van der Waals surface area (Å²) in [7, 11) is 0. The molecule has 184 valence electrons. The lowest BCUT2D eigenvalue weighted by Gasteiger charge is -2.29. The summed E-state index contributed by atoms with van der Waals surface area (Å²) >= 11 is 0. The summed E-state index contributed by atoms with van der Waals surface area (Å²) in [5, 5.41) is 12.3. The third kappa shape index (κ3) is 4.95. The van der Waals surface area contributed by atoms with E-state index in [4.69, 9.17) is 9.47 Å². The molecule has 3 aromatic rings. The van der Waals surface area contributed by atoms with Crippen LogP contribution >= 0.6 is 0 Å². The second-order valence-electron chi connectivity index (χ2n) is 10.1. The predicted molar refractivity (Wildman–Crippen MR) is 138 cm³/mol. The van der Waals surface area contributed by atoms with E-state index in [2.05, 4.69) is 47.8 Å². The smallest absolute Gasteiger partial charge is 0.286 e. The first-order valence-corrected chi connectivity index (χ1v) is 12.8. The molecule has 0 saturated heterocycles. The molecule has 2 aliphatic carbocycles. The summed E-state index contributed by atoms with van der Waals surface area (Å²) in [6, 6.07) is 22.9. The summed E-state index contributed by atoms with van der Waals surface area (Å²) in [6.45, 7) is 1.09. The molecule has 1 amide bonds. The lowest BCUT2D eigenvalue weighted by molar-refractivity contribution is -0.150. The van der Waals surface area contributed by atoms with Gasteiger partial charge in [-0.2, -0.15) is 0 Å². The Hall–Kier alpha value is -3.41. The molecule has 1 saturated carbocycles. The molecular formula is C31H31NO4. The van der Waals surface area contributed by atoms with E-state index in [1.807, 2.05) is 30.3 Å². The summed E-state index contributed by atoms with van der Waals surface area (Å²) in [5.41, 5.74) is 8.34. The number of allylic oxidation sites excluding steroid dienone is 1. The number of nitrogens with one attached hydrogen (secondary N) is 1. The molecule has 3 aromatic carbocycles. The fourth-order valence-electron chi connectivity index (χ4n) is 5.12. The second kappa shape index (κ2) is 9.92. The Bertz CT molecular complexity index is 1290. The lowest BCUT2D eigenvalue weighted by atomic mass is 9.90. The highest BCUT2D eigenvalue weighted by atomic mass is 16.7. The Balaban J connectivity index is 1.21. The molecule has 1 heterocycles. The van der Waals surface area contributed by atoms with Crippen LogP contribution in [-0.2, 0) is 33.9 Å². The Morgan fingerprint density at radius 2 is 1.75 bits per heavy atom. The van der Waals surface area contributed by atoms with Gasteiger partial charge in [0.25, 0.3) is 5.91 Å². The second-order valence-corrected chi connectivity index (χ2v) is 10.1. The average molecular weight is 482 g/mol. The Kier molecular flexibility index (Phi) is 6.34.